The molecule has 2 heterocycles. The number of ether oxygens (including phenoxy) is 1. The fourth-order valence-electron chi connectivity index (χ4n) is 3.22. The van der Waals surface area contributed by atoms with E-state index in [-0.39, 0.29) is 41.8 Å². The summed E-state index contributed by atoms with van der Waals surface area (Å²) in [5, 5.41) is 6.59. The molecule has 8 nitrogen and oxygen atoms in total. The SMILES string of the molecule is CCNC(=NCc1cccnc1N1CCC(C(N)=O)CC1)NC(C)COC.I. The standard InChI is InChI=1S/C19H32N6O2.HI/c1-4-21-19(24-14(2)13-27-3)23-12-16-6-5-9-22-18(16)25-10-7-15(8-11-25)17(20)26;/h5-6,9,14-15H,4,7-8,10-13H2,1-3H3,(H2,20,26)(H2,21,23,24);1H. The number of guanidine groups is 1. The van der Waals surface area contributed by atoms with Crippen LogP contribution in [0.25, 0.3) is 0 Å². The number of aromatic nitrogens is 1. The molecule has 0 aliphatic carbocycles. The molecule has 28 heavy (non-hydrogen) atoms. The van der Waals surface area contributed by atoms with Crippen LogP contribution in [0.4, 0.5) is 5.82 Å². The van der Waals surface area contributed by atoms with Crippen molar-refractivity contribution in [3.63, 3.8) is 0 Å². The minimum atomic E-state index is -0.202. The van der Waals surface area contributed by atoms with E-state index in [1.54, 1.807) is 13.3 Å². The van der Waals surface area contributed by atoms with Crippen molar-refractivity contribution < 1.29 is 9.53 Å². The fourth-order valence-corrected chi connectivity index (χ4v) is 3.22. The van der Waals surface area contributed by atoms with E-state index in [1.165, 1.54) is 0 Å². The summed E-state index contributed by atoms with van der Waals surface area (Å²) in [5.74, 6) is 1.46. The van der Waals surface area contributed by atoms with Crippen LogP contribution in [0.15, 0.2) is 23.3 Å². The van der Waals surface area contributed by atoms with E-state index in [0.717, 1.165) is 49.8 Å². The number of hydrogen-bond donors (Lipinski definition) is 3. The van der Waals surface area contributed by atoms with E-state index < -0.39 is 0 Å². The van der Waals surface area contributed by atoms with E-state index in [0.29, 0.717) is 13.2 Å². The number of amides is 1. The van der Waals surface area contributed by atoms with Crippen LogP contribution in [-0.4, -0.2) is 56.2 Å². The van der Waals surface area contributed by atoms with Gasteiger partial charge in [-0.3, -0.25) is 4.79 Å². The monoisotopic (exact) mass is 504 g/mol. The van der Waals surface area contributed by atoms with Crippen LogP contribution in [0.3, 0.4) is 0 Å². The van der Waals surface area contributed by atoms with Crippen LogP contribution in [-0.2, 0) is 16.1 Å². The number of anilines is 1. The van der Waals surface area contributed by atoms with Crippen LogP contribution >= 0.6 is 24.0 Å². The van der Waals surface area contributed by atoms with Gasteiger partial charge in [0, 0.05) is 50.5 Å². The Hall–Kier alpha value is -1.62. The number of piperidine rings is 1. The minimum Gasteiger partial charge on any atom is -0.383 e. The van der Waals surface area contributed by atoms with Crippen molar-refractivity contribution in [3.8, 4) is 0 Å². The summed E-state index contributed by atoms with van der Waals surface area (Å²) < 4.78 is 5.17. The van der Waals surface area contributed by atoms with E-state index in [2.05, 4.69) is 27.4 Å². The Bertz CT molecular complexity index is 635. The Morgan fingerprint density at radius 3 is 2.79 bits per heavy atom. The van der Waals surface area contributed by atoms with Gasteiger partial charge < -0.3 is 26.0 Å². The highest BCUT2D eigenvalue weighted by Gasteiger charge is 2.24. The molecule has 0 radical (unpaired) electrons. The molecule has 1 aromatic rings. The van der Waals surface area contributed by atoms with Crippen LogP contribution in [0.1, 0.15) is 32.3 Å². The number of halogens is 1. The molecule has 0 bridgehead atoms. The first kappa shape index (κ1) is 24.4. The van der Waals surface area contributed by atoms with Gasteiger partial charge >= 0.3 is 0 Å². The van der Waals surface area contributed by atoms with Crippen molar-refractivity contribution in [2.24, 2.45) is 16.6 Å². The van der Waals surface area contributed by atoms with E-state index in [4.69, 9.17) is 15.5 Å². The second kappa shape index (κ2) is 12.8. The van der Waals surface area contributed by atoms with Gasteiger partial charge in [-0.05, 0) is 32.8 Å². The Balaban J connectivity index is 0.00000392. The molecule has 0 saturated carbocycles. The van der Waals surface area contributed by atoms with Crippen molar-refractivity contribution in [2.45, 2.75) is 39.3 Å². The number of hydrogen-bond acceptors (Lipinski definition) is 5. The average Bonchev–Trinajstić information content (AvgIpc) is 2.67. The number of primary amides is 1. The lowest BCUT2D eigenvalue weighted by Gasteiger charge is -2.32. The van der Waals surface area contributed by atoms with E-state index in [1.807, 2.05) is 19.1 Å². The molecule has 1 aliphatic heterocycles. The zero-order valence-electron chi connectivity index (χ0n) is 17.0. The first-order chi connectivity index (χ1) is 13.0. The topological polar surface area (TPSA) is 105 Å². The van der Waals surface area contributed by atoms with Gasteiger partial charge in [-0.15, -0.1) is 24.0 Å². The maximum atomic E-state index is 11.4. The maximum absolute atomic E-state index is 11.4. The Morgan fingerprint density at radius 1 is 1.46 bits per heavy atom. The molecule has 0 spiro atoms. The van der Waals surface area contributed by atoms with Gasteiger partial charge in [0.2, 0.25) is 5.91 Å². The molecule has 0 aromatic carbocycles. The van der Waals surface area contributed by atoms with Gasteiger partial charge in [-0.2, -0.15) is 0 Å². The molecule has 1 amide bonds. The summed E-state index contributed by atoms with van der Waals surface area (Å²) in [6.45, 7) is 7.57. The van der Waals surface area contributed by atoms with Crippen molar-refractivity contribution >= 4 is 41.7 Å². The lowest BCUT2D eigenvalue weighted by atomic mass is 9.96. The van der Waals surface area contributed by atoms with Crippen LogP contribution < -0.4 is 21.3 Å². The largest absolute Gasteiger partial charge is 0.383 e. The zero-order valence-corrected chi connectivity index (χ0v) is 19.3. The first-order valence-corrected chi connectivity index (χ1v) is 9.57. The molecular weight excluding hydrogens is 471 g/mol. The van der Waals surface area contributed by atoms with Crippen LogP contribution in [0.2, 0.25) is 0 Å². The summed E-state index contributed by atoms with van der Waals surface area (Å²) >= 11 is 0. The summed E-state index contributed by atoms with van der Waals surface area (Å²) in [6, 6.07) is 4.14. The van der Waals surface area contributed by atoms with Crippen LogP contribution in [0, 0.1) is 5.92 Å². The van der Waals surface area contributed by atoms with Gasteiger partial charge in [0.05, 0.1) is 13.2 Å². The average molecular weight is 504 g/mol. The van der Waals surface area contributed by atoms with Crippen LogP contribution in [0.5, 0.6) is 0 Å². The molecule has 1 aromatic heterocycles. The third kappa shape index (κ3) is 7.42. The second-order valence-electron chi connectivity index (χ2n) is 6.85. The predicted octanol–water partition coefficient (Wildman–Crippen LogP) is 1.49. The molecule has 9 heteroatoms. The van der Waals surface area contributed by atoms with Gasteiger partial charge in [0.15, 0.2) is 5.96 Å². The Morgan fingerprint density at radius 2 is 2.18 bits per heavy atom. The zero-order chi connectivity index (χ0) is 19.6. The molecule has 2 rings (SSSR count). The fraction of sp³-hybridized carbons (Fsp3) is 0.632. The Labute approximate surface area is 184 Å². The second-order valence-corrected chi connectivity index (χ2v) is 6.85. The lowest BCUT2D eigenvalue weighted by Crippen LogP contribution is -2.44. The number of methoxy groups -OCH3 is 1. The predicted molar refractivity (Wildman–Crippen MR) is 123 cm³/mol. The number of carbonyl (C=O) groups is 1. The number of rotatable bonds is 8. The van der Waals surface area contributed by atoms with Crippen molar-refractivity contribution in [2.75, 3.05) is 38.3 Å². The molecule has 4 N–H and O–H groups in total. The number of nitrogens with two attached hydrogens (primary N) is 1. The minimum absolute atomic E-state index is 0. The van der Waals surface area contributed by atoms with Gasteiger partial charge in [-0.25, -0.2) is 9.98 Å². The normalized spacial score (nSPS) is 16.2. The Kier molecular flexibility index (Phi) is 11.1. The number of nitrogens with zero attached hydrogens (tertiary/aromatic N) is 3. The smallest absolute Gasteiger partial charge is 0.220 e. The molecule has 158 valence electrons. The highest BCUT2D eigenvalue weighted by molar-refractivity contribution is 14.0. The first-order valence-electron chi connectivity index (χ1n) is 9.57. The molecule has 1 aliphatic rings. The number of aliphatic imine (C=N–C) groups is 1. The van der Waals surface area contributed by atoms with E-state index >= 15 is 0 Å². The molecule has 1 unspecified atom stereocenters. The van der Waals surface area contributed by atoms with E-state index in [9.17, 15) is 4.79 Å². The summed E-state index contributed by atoms with van der Waals surface area (Å²) in [5.41, 5.74) is 6.50. The van der Waals surface area contributed by atoms with Crippen molar-refractivity contribution in [1.82, 2.24) is 15.6 Å². The van der Waals surface area contributed by atoms with Crippen molar-refractivity contribution in [3.05, 3.63) is 23.9 Å². The third-order valence-corrected chi connectivity index (χ3v) is 4.62. The van der Waals surface area contributed by atoms with Gasteiger partial charge in [-0.1, -0.05) is 6.07 Å². The third-order valence-electron chi connectivity index (χ3n) is 4.62. The quantitative estimate of drug-likeness (QED) is 0.282. The lowest BCUT2D eigenvalue weighted by molar-refractivity contribution is -0.122. The molecular formula is C19H33IN6O2. The summed E-state index contributed by atoms with van der Waals surface area (Å²) in [4.78, 5) is 22.9. The highest BCUT2D eigenvalue weighted by Crippen LogP contribution is 2.24. The highest BCUT2D eigenvalue weighted by atomic mass is 127. The number of carbonyl (C=O) groups excluding carboxylic acids is 1. The summed E-state index contributed by atoms with van der Waals surface area (Å²) in [6.07, 6.45) is 3.34. The number of nitrogens with one attached hydrogen (secondary N) is 2. The van der Waals surface area contributed by atoms with Gasteiger partial charge in [0.25, 0.3) is 0 Å². The van der Waals surface area contributed by atoms with Crippen molar-refractivity contribution in [1.29, 1.82) is 0 Å². The molecule has 1 saturated heterocycles. The number of pyridine rings is 1. The summed E-state index contributed by atoms with van der Waals surface area (Å²) in [7, 11) is 1.69. The molecule has 1 fully saturated rings. The molecule has 1 atom stereocenters. The maximum Gasteiger partial charge on any atom is 0.220 e. The van der Waals surface area contributed by atoms with Gasteiger partial charge in [0.1, 0.15) is 5.82 Å².